The third-order valence-electron chi connectivity index (χ3n) is 7.75. The Balaban J connectivity index is 1.29. The summed E-state index contributed by atoms with van der Waals surface area (Å²) >= 11 is 0. The summed E-state index contributed by atoms with van der Waals surface area (Å²) in [5, 5.41) is 17.7. The normalized spacial score (nSPS) is 19.0. The second-order valence-electron chi connectivity index (χ2n) is 10.4. The van der Waals surface area contributed by atoms with Crippen molar-refractivity contribution < 1.29 is 18.3 Å². The molecule has 1 aromatic heterocycles. The van der Waals surface area contributed by atoms with Crippen molar-refractivity contribution in [1.82, 2.24) is 9.78 Å². The summed E-state index contributed by atoms with van der Waals surface area (Å²) in [5.41, 5.74) is 3.79. The van der Waals surface area contributed by atoms with Gasteiger partial charge >= 0.3 is 0 Å². The molecule has 2 heterocycles. The Kier molecular flexibility index (Phi) is 5.68. The van der Waals surface area contributed by atoms with Gasteiger partial charge in [-0.1, -0.05) is 0 Å². The first-order chi connectivity index (χ1) is 17.3. The number of anilines is 3. The van der Waals surface area contributed by atoms with Crippen LogP contribution in [0.5, 0.6) is 0 Å². The zero-order chi connectivity index (χ0) is 24.9. The lowest BCUT2D eigenvalue weighted by Crippen LogP contribution is -2.35. The molecule has 9 nitrogen and oxygen atoms in total. The van der Waals surface area contributed by atoms with Crippen LogP contribution in [-0.2, 0) is 10.0 Å². The van der Waals surface area contributed by atoms with Gasteiger partial charge in [0, 0.05) is 24.2 Å². The molecule has 3 N–H and O–H groups in total. The molecular formula is C26H31N5O4S. The number of rotatable bonds is 8. The maximum Gasteiger partial charge on any atom is 0.257 e. The smallest absolute Gasteiger partial charge is 0.257 e. The van der Waals surface area contributed by atoms with E-state index in [4.69, 9.17) is 5.11 Å². The standard InChI is InChI=1S/C26H31N5O4S/c32-13-14-36(34,35)29-20-3-6-22(24(16-20)30-11-9-26(7-8-26)10-12-30)25(33)28-19-2-1-18-17-27-31(21-4-5-21)23(18)15-19/h1-3,6,15-17,21,29,32H,4-5,7-14H2,(H,28,33). The monoisotopic (exact) mass is 509 g/mol. The highest BCUT2D eigenvalue weighted by molar-refractivity contribution is 7.92. The van der Waals surface area contributed by atoms with E-state index in [2.05, 4.69) is 20.0 Å². The van der Waals surface area contributed by atoms with Gasteiger partial charge in [0.05, 0.1) is 47.1 Å². The fraction of sp³-hybridized carbons (Fsp3) is 0.462. The Morgan fingerprint density at radius 1 is 1.06 bits per heavy atom. The molecule has 2 saturated carbocycles. The molecule has 0 radical (unpaired) electrons. The summed E-state index contributed by atoms with van der Waals surface area (Å²) in [7, 11) is -3.67. The number of aliphatic hydroxyl groups is 1. The molecule has 10 heteroatoms. The summed E-state index contributed by atoms with van der Waals surface area (Å²) in [6.07, 6.45) is 8.82. The van der Waals surface area contributed by atoms with Crippen molar-refractivity contribution in [2.75, 3.05) is 40.4 Å². The van der Waals surface area contributed by atoms with Crippen LogP contribution in [0.25, 0.3) is 10.9 Å². The van der Waals surface area contributed by atoms with Crippen molar-refractivity contribution in [3.8, 4) is 0 Å². The van der Waals surface area contributed by atoms with Crippen LogP contribution in [0.2, 0.25) is 0 Å². The summed E-state index contributed by atoms with van der Waals surface area (Å²) in [6.45, 7) is 1.21. The average molecular weight is 510 g/mol. The molecule has 3 aromatic rings. The van der Waals surface area contributed by atoms with E-state index >= 15 is 0 Å². The number of benzene rings is 2. The van der Waals surface area contributed by atoms with Crippen molar-refractivity contribution in [2.24, 2.45) is 5.41 Å². The van der Waals surface area contributed by atoms with Gasteiger partial charge in [-0.2, -0.15) is 5.10 Å². The fourth-order valence-electron chi connectivity index (χ4n) is 5.22. The molecule has 1 amide bonds. The molecule has 0 bridgehead atoms. The molecule has 1 spiro atoms. The largest absolute Gasteiger partial charge is 0.395 e. The minimum Gasteiger partial charge on any atom is -0.395 e. The van der Waals surface area contributed by atoms with Gasteiger partial charge in [-0.3, -0.25) is 14.2 Å². The summed E-state index contributed by atoms with van der Waals surface area (Å²) in [6, 6.07) is 11.3. The lowest BCUT2D eigenvalue weighted by molar-refractivity contribution is 0.102. The van der Waals surface area contributed by atoms with Crippen LogP contribution in [0.4, 0.5) is 17.1 Å². The van der Waals surface area contributed by atoms with Gasteiger partial charge in [0.15, 0.2) is 0 Å². The van der Waals surface area contributed by atoms with Crippen LogP contribution in [0, 0.1) is 5.41 Å². The Bertz CT molecular complexity index is 1420. The average Bonchev–Trinajstić information content (AvgIpc) is 3.79. The third kappa shape index (κ3) is 4.67. The molecule has 1 saturated heterocycles. The fourth-order valence-corrected chi connectivity index (χ4v) is 6.05. The number of piperidine rings is 1. The van der Waals surface area contributed by atoms with Crippen molar-refractivity contribution in [2.45, 2.75) is 44.6 Å². The highest BCUT2D eigenvalue weighted by atomic mass is 32.2. The number of aliphatic hydroxyl groups excluding tert-OH is 1. The quantitative estimate of drug-likeness (QED) is 0.426. The summed E-state index contributed by atoms with van der Waals surface area (Å²) < 4.78 is 29.0. The number of amides is 1. The molecule has 2 aromatic carbocycles. The first-order valence-corrected chi connectivity index (χ1v) is 14.3. The minimum atomic E-state index is -3.67. The maximum atomic E-state index is 13.5. The van der Waals surface area contributed by atoms with E-state index in [-0.39, 0.29) is 11.7 Å². The lowest BCUT2D eigenvalue weighted by Gasteiger charge is -2.35. The van der Waals surface area contributed by atoms with Crippen molar-refractivity contribution in [1.29, 1.82) is 0 Å². The molecule has 1 aliphatic heterocycles. The summed E-state index contributed by atoms with van der Waals surface area (Å²) in [5.74, 6) is -0.616. The van der Waals surface area contributed by atoms with Crippen LogP contribution < -0.4 is 14.9 Å². The van der Waals surface area contributed by atoms with E-state index in [9.17, 15) is 13.2 Å². The van der Waals surface area contributed by atoms with Crippen molar-refractivity contribution >= 4 is 43.9 Å². The Labute approximate surface area is 210 Å². The van der Waals surface area contributed by atoms with Gasteiger partial charge in [-0.05, 0) is 80.3 Å². The van der Waals surface area contributed by atoms with E-state index in [1.807, 2.05) is 29.1 Å². The van der Waals surface area contributed by atoms with Crippen LogP contribution in [0.3, 0.4) is 0 Å². The second-order valence-corrected chi connectivity index (χ2v) is 12.3. The van der Waals surface area contributed by atoms with Crippen molar-refractivity contribution in [3.63, 3.8) is 0 Å². The van der Waals surface area contributed by atoms with E-state index in [0.29, 0.717) is 28.4 Å². The number of sulfonamides is 1. The number of nitrogens with zero attached hydrogens (tertiary/aromatic N) is 3. The van der Waals surface area contributed by atoms with Crippen LogP contribution in [0.1, 0.15) is 54.9 Å². The van der Waals surface area contributed by atoms with Crippen LogP contribution >= 0.6 is 0 Å². The number of nitrogens with one attached hydrogen (secondary N) is 2. The van der Waals surface area contributed by atoms with Gasteiger partial charge in [0.2, 0.25) is 10.0 Å². The number of carbonyl (C=O) groups excluding carboxylic acids is 1. The third-order valence-corrected chi connectivity index (χ3v) is 9.01. The van der Waals surface area contributed by atoms with E-state index < -0.39 is 16.6 Å². The molecule has 2 aliphatic carbocycles. The highest BCUT2D eigenvalue weighted by Crippen LogP contribution is 2.54. The molecule has 3 fully saturated rings. The molecule has 0 unspecified atom stereocenters. The minimum absolute atomic E-state index is 0.238. The number of carbonyl (C=O) groups is 1. The SMILES string of the molecule is O=C(Nc1ccc2cnn(C3CC3)c2c1)c1ccc(NS(=O)(=O)CCO)cc1N1CCC2(CC1)CC2. The highest BCUT2D eigenvalue weighted by Gasteiger charge is 2.44. The van der Waals surface area contributed by atoms with Gasteiger partial charge in [0.1, 0.15) is 0 Å². The number of fused-ring (bicyclic) bond motifs is 1. The molecular weight excluding hydrogens is 478 g/mol. The Morgan fingerprint density at radius 3 is 2.50 bits per heavy atom. The summed E-state index contributed by atoms with van der Waals surface area (Å²) in [4.78, 5) is 15.7. The molecule has 36 heavy (non-hydrogen) atoms. The van der Waals surface area contributed by atoms with Gasteiger partial charge in [-0.25, -0.2) is 8.42 Å². The van der Waals surface area contributed by atoms with Crippen LogP contribution in [0.15, 0.2) is 42.6 Å². The van der Waals surface area contributed by atoms with Gasteiger partial charge in [-0.15, -0.1) is 0 Å². The first-order valence-electron chi connectivity index (χ1n) is 12.6. The zero-order valence-corrected chi connectivity index (χ0v) is 20.9. The van der Waals surface area contributed by atoms with Gasteiger partial charge in [0.25, 0.3) is 5.91 Å². The Hall–Kier alpha value is -3.11. The van der Waals surface area contributed by atoms with Gasteiger partial charge < -0.3 is 15.3 Å². The second kappa shape index (κ2) is 8.77. The van der Waals surface area contributed by atoms with E-state index in [0.717, 1.165) is 55.4 Å². The maximum absolute atomic E-state index is 13.5. The van der Waals surface area contributed by atoms with E-state index in [1.54, 1.807) is 18.2 Å². The van der Waals surface area contributed by atoms with E-state index in [1.165, 1.54) is 12.8 Å². The molecule has 0 atom stereocenters. The topological polar surface area (TPSA) is 117 Å². The van der Waals surface area contributed by atoms with Crippen molar-refractivity contribution in [3.05, 3.63) is 48.2 Å². The Morgan fingerprint density at radius 2 is 1.81 bits per heavy atom. The molecule has 190 valence electrons. The number of hydrogen-bond acceptors (Lipinski definition) is 6. The lowest BCUT2D eigenvalue weighted by atomic mass is 9.93. The predicted molar refractivity (Wildman–Crippen MR) is 140 cm³/mol. The number of hydrogen-bond donors (Lipinski definition) is 3. The number of aromatic nitrogens is 2. The molecule has 3 aliphatic rings. The first kappa shape index (κ1) is 23.3. The zero-order valence-electron chi connectivity index (χ0n) is 20.1. The van der Waals surface area contributed by atoms with Crippen LogP contribution in [-0.4, -0.2) is 54.7 Å². The predicted octanol–water partition coefficient (Wildman–Crippen LogP) is 3.74. The molecule has 6 rings (SSSR count).